The first-order chi connectivity index (χ1) is 6.33. The second-order valence-electron chi connectivity index (χ2n) is 4.12. The van der Waals surface area contributed by atoms with Crippen LogP contribution in [0.3, 0.4) is 0 Å². The molecule has 0 aromatic carbocycles. The van der Waals surface area contributed by atoms with Crippen molar-refractivity contribution in [3.05, 3.63) is 0 Å². The molecule has 1 heterocycles. The molecule has 1 saturated carbocycles. The minimum Gasteiger partial charge on any atom is -0.468 e. The maximum atomic E-state index is 11.4. The van der Waals surface area contributed by atoms with Crippen molar-refractivity contribution in [3.8, 4) is 0 Å². The number of nitrogens with one attached hydrogen (secondary N) is 1. The molecule has 1 aliphatic heterocycles. The molecule has 3 heteroatoms. The molecule has 0 amide bonds. The van der Waals surface area contributed by atoms with Crippen LogP contribution in [0.5, 0.6) is 0 Å². The molecule has 3 nitrogen and oxygen atoms in total. The van der Waals surface area contributed by atoms with Gasteiger partial charge >= 0.3 is 5.97 Å². The summed E-state index contributed by atoms with van der Waals surface area (Å²) in [7, 11) is 1.47. The first-order valence-corrected chi connectivity index (χ1v) is 5.14. The second kappa shape index (κ2) is 3.66. The third-order valence-corrected chi connectivity index (χ3v) is 3.45. The van der Waals surface area contributed by atoms with Gasteiger partial charge < -0.3 is 10.1 Å². The third kappa shape index (κ3) is 1.57. The van der Waals surface area contributed by atoms with Gasteiger partial charge in [0.25, 0.3) is 0 Å². The Morgan fingerprint density at radius 2 is 2.15 bits per heavy atom. The molecule has 1 aliphatic carbocycles. The molecule has 2 rings (SSSR count). The molecule has 1 saturated heterocycles. The van der Waals surface area contributed by atoms with E-state index in [0.717, 1.165) is 12.5 Å². The van der Waals surface area contributed by atoms with E-state index in [1.54, 1.807) is 0 Å². The Hall–Kier alpha value is -0.570. The Kier molecular flexibility index (Phi) is 2.54. The quantitative estimate of drug-likeness (QED) is 0.615. The molecule has 1 N–H and O–H groups in total. The molecule has 0 aromatic heterocycles. The van der Waals surface area contributed by atoms with Crippen molar-refractivity contribution in [2.75, 3.05) is 13.7 Å². The zero-order valence-corrected chi connectivity index (χ0v) is 8.08. The van der Waals surface area contributed by atoms with Crippen molar-refractivity contribution >= 4 is 5.97 Å². The van der Waals surface area contributed by atoms with E-state index in [1.807, 2.05) is 0 Å². The van der Waals surface area contributed by atoms with Crippen LogP contribution in [0.2, 0.25) is 0 Å². The molecule has 74 valence electrons. The minimum absolute atomic E-state index is 0.0182. The van der Waals surface area contributed by atoms with Gasteiger partial charge in [0.15, 0.2) is 0 Å². The summed E-state index contributed by atoms with van der Waals surface area (Å²) in [5.74, 6) is 1.19. The maximum Gasteiger partial charge on any atom is 0.323 e. The zero-order chi connectivity index (χ0) is 9.26. The molecule has 2 fully saturated rings. The summed E-state index contributed by atoms with van der Waals surface area (Å²) in [5, 5.41) is 3.27. The monoisotopic (exact) mass is 183 g/mol. The highest BCUT2D eigenvalue weighted by Gasteiger charge is 2.41. The molecule has 0 aromatic rings. The average Bonchev–Trinajstić information content (AvgIpc) is 2.60. The van der Waals surface area contributed by atoms with Crippen molar-refractivity contribution in [3.63, 3.8) is 0 Å². The number of hydrogen-bond donors (Lipinski definition) is 1. The Morgan fingerprint density at radius 1 is 1.38 bits per heavy atom. The van der Waals surface area contributed by atoms with Gasteiger partial charge in [0, 0.05) is 0 Å². The van der Waals surface area contributed by atoms with Crippen LogP contribution in [0.1, 0.15) is 25.7 Å². The molecule has 3 atom stereocenters. The fourth-order valence-corrected chi connectivity index (χ4v) is 2.74. The fraction of sp³-hybridized carbons (Fsp3) is 0.900. The summed E-state index contributed by atoms with van der Waals surface area (Å²) in [4.78, 5) is 11.4. The van der Waals surface area contributed by atoms with Crippen molar-refractivity contribution in [1.82, 2.24) is 5.32 Å². The number of esters is 1. The number of methoxy groups -OCH3 is 1. The van der Waals surface area contributed by atoms with Gasteiger partial charge in [-0.15, -0.1) is 0 Å². The normalized spacial score (nSPS) is 38.4. The van der Waals surface area contributed by atoms with Gasteiger partial charge in [0.05, 0.1) is 7.11 Å². The molecule has 13 heavy (non-hydrogen) atoms. The van der Waals surface area contributed by atoms with E-state index in [1.165, 1.54) is 32.8 Å². The molecule has 1 unspecified atom stereocenters. The molecular weight excluding hydrogens is 166 g/mol. The van der Waals surface area contributed by atoms with Gasteiger partial charge in [-0.2, -0.15) is 0 Å². The number of ether oxygens (including phenoxy) is 1. The van der Waals surface area contributed by atoms with Crippen LogP contribution >= 0.6 is 0 Å². The van der Waals surface area contributed by atoms with E-state index in [2.05, 4.69) is 5.32 Å². The largest absolute Gasteiger partial charge is 0.468 e. The summed E-state index contributed by atoms with van der Waals surface area (Å²) in [6.45, 7) is 1.00. The summed E-state index contributed by atoms with van der Waals surface area (Å²) in [5.41, 5.74) is 0. The Morgan fingerprint density at radius 3 is 2.92 bits per heavy atom. The van der Waals surface area contributed by atoms with Crippen molar-refractivity contribution < 1.29 is 9.53 Å². The van der Waals surface area contributed by atoms with Crippen molar-refractivity contribution in [1.29, 1.82) is 0 Å². The highest BCUT2D eigenvalue weighted by molar-refractivity contribution is 5.76. The maximum absolute atomic E-state index is 11.4. The SMILES string of the molecule is COC(=O)C1NC[C@@H]2CCCC[C@H]12. The summed E-state index contributed by atoms with van der Waals surface area (Å²) >= 11 is 0. The number of rotatable bonds is 1. The lowest BCUT2D eigenvalue weighted by Crippen LogP contribution is -2.37. The predicted molar refractivity (Wildman–Crippen MR) is 49.3 cm³/mol. The molecule has 0 radical (unpaired) electrons. The number of carbonyl (C=O) groups excluding carboxylic acids is 1. The van der Waals surface area contributed by atoms with E-state index in [0.29, 0.717) is 5.92 Å². The Balaban J connectivity index is 2.02. The summed E-state index contributed by atoms with van der Waals surface area (Å²) < 4.78 is 4.78. The Labute approximate surface area is 78.8 Å². The molecule has 2 aliphatic rings. The standard InChI is InChI=1S/C10H17NO2/c1-13-10(12)9-8-5-3-2-4-7(8)6-11-9/h7-9,11H,2-6H2,1H3/t7-,8-,9?/m0/s1. The topological polar surface area (TPSA) is 38.3 Å². The van der Waals surface area contributed by atoms with Crippen LogP contribution in [0.25, 0.3) is 0 Å². The first kappa shape index (κ1) is 9.00. The van der Waals surface area contributed by atoms with Crippen LogP contribution in [0.15, 0.2) is 0 Å². The predicted octanol–water partition coefficient (Wildman–Crippen LogP) is 0.938. The van der Waals surface area contributed by atoms with E-state index in [4.69, 9.17) is 4.74 Å². The third-order valence-electron chi connectivity index (χ3n) is 3.45. The van der Waals surface area contributed by atoms with Gasteiger partial charge in [0.2, 0.25) is 0 Å². The number of hydrogen-bond acceptors (Lipinski definition) is 3. The highest BCUT2D eigenvalue weighted by Crippen LogP contribution is 2.36. The summed E-state index contributed by atoms with van der Waals surface area (Å²) in [6, 6.07) is -0.0182. The van der Waals surface area contributed by atoms with E-state index in [9.17, 15) is 4.79 Å². The lowest BCUT2D eigenvalue weighted by atomic mass is 9.78. The fourth-order valence-electron chi connectivity index (χ4n) is 2.74. The van der Waals surface area contributed by atoms with Gasteiger partial charge in [-0.05, 0) is 31.2 Å². The van der Waals surface area contributed by atoms with Gasteiger partial charge in [-0.1, -0.05) is 12.8 Å². The molecule has 0 spiro atoms. The molecular formula is C10H17NO2. The zero-order valence-electron chi connectivity index (χ0n) is 8.08. The lowest BCUT2D eigenvalue weighted by Gasteiger charge is -2.26. The van der Waals surface area contributed by atoms with E-state index >= 15 is 0 Å². The van der Waals surface area contributed by atoms with Crippen LogP contribution in [0, 0.1) is 11.8 Å². The van der Waals surface area contributed by atoms with E-state index in [-0.39, 0.29) is 12.0 Å². The molecule has 0 bridgehead atoms. The van der Waals surface area contributed by atoms with Gasteiger partial charge in [-0.25, -0.2) is 0 Å². The van der Waals surface area contributed by atoms with Gasteiger partial charge in [-0.3, -0.25) is 4.79 Å². The first-order valence-electron chi connectivity index (χ1n) is 5.14. The number of fused-ring (bicyclic) bond motifs is 1. The van der Waals surface area contributed by atoms with Crippen molar-refractivity contribution in [2.45, 2.75) is 31.7 Å². The summed E-state index contributed by atoms with van der Waals surface area (Å²) in [6.07, 6.45) is 5.08. The van der Waals surface area contributed by atoms with Crippen LogP contribution < -0.4 is 5.32 Å². The lowest BCUT2D eigenvalue weighted by molar-refractivity contribution is -0.144. The van der Waals surface area contributed by atoms with Gasteiger partial charge in [0.1, 0.15) is 6.04 Å². The number of carbonyl (C=O) groups is 1. The second-order valence-corrected chi connectivity index (χ2v) is 4.12. The van der Waals surface area contributed by atoms with E-state index < -0.39 is 0 Å². The van der Waals surface area contributed by atoms with Crippen LogP contribution in [-0.2, 0) is 9.53 Å². The highest BCUT2D eigenvalue weighted by atomic mass is 16.5. The smallest absolute Gasteiger partial charge is 0.323 e. The average molecular weight is 183 g/mol. The Bertz CT molecular complexity index is 205. The van der Waals surface area contributed by atoms with Crippen LogP contribution in [0.4, 0.5) is 0 Å². The minimum atomic E-state index is -0.0746. The van der Waals surface area contributed by atoms with Crippen molar-refractivity contribution in [2.24, 2.45) is 11.8 Å². The van der Waals surface area contributed by atoms with Crippen LogP contribution in [-0.4, -0.2) is 25.7 Å².